The maximum absolute atomic E-state index is 3.47. The Morgan fingerprint density at radius 2 is 1.67 bits per heavy atom. The van der Waals surface area contributed by atoms with Crippen LogP contribution in [0, 0.1) is 22.7 Å². The van der Waals surface area contributed by atoms with E-state index in [1.54, 1.807) is 0 Å². The molecule has 0 amide bonds. The minimum atomic E-state index is 0.587. The van der Waals surface area contributed by atoms with Crippen LogP contribution in [0.4, 0.5) is 0 Å². The third-order valence-corrected chi connectivity index (χ3v) is 4.70. The van der Waals surface area contributed by atoms with Crippen LogP contribution in [-0.4, -0.2) is 13.1 Å². The zero-order valence-corrected chi connectivity index (χ0v) is 8.78. The summed E-state index contributed by atoms with van der Waals surface area (Å²) in [6.45, 7) is 12.2. The van der Waals surface area contributed by atoms with Crippen molar-refractivity contribution in [2.75, 3.05) is 13.1 Å². The van der Waals surface area contributed by atoms with Crippen molar-refractivity contribution in [1.82, 2.24) is 5.32 Å². The van der Waals surface area contributed by atoms with Gasteiger partial charge in [0.2, 0.25) is 0 Å². The zero-order chi connectivity index (χ0) is 8.98. The molecular weight excluding hydrogens is 146 g/mol. The standard InChI is InChI=1S/C11H21N/c1-10(2)9(11(10,3)4)8-5-6-12-7-8/h8-9,12H,5-7H2,1-4H3. The van der Waals surface area contributed by atoms with Crippen LogP contribution >= 0.6 is 0 Å². The number of nitrogens with one attached hydrogen (secondary N) is 1. The van der Waals surface area contributed by atoms with E-state index in [0.717, 1.165) is 11.8 Å². The second kappa shape index (κ2) is 2.25. The van der Waals surface area contributed by atoms with E-state index in [4.69, 9.17) is 0 Å². The average Bonchev–Trinajstić information content (AvgIpc) is 2.39. The van der Waals surface area contributed by atoms with Gasteiger partial charge in [-0.15, -0.1) is 0 Å². The molecule has 1 saturated carbocycles. The Bertz CT molecular complexity index is 173. The van der Waals surface area contributed by atoms with E-state index in [-0.39, 0.29) is 0 Å². The van der Waals surface area contributed by atoms with Gasteiger partial charge < -0.3 is 5.32 Å². The molecular formula is C11H21N. The van der Waals surface area contributed by atoms with Gasteiger partial charge in [0, 0.05) is 0 Å². The Morgan fingerprint density at radius 1 is 1.08 bits per heavy atom. The molecule has 2 rings (SSSR count). The van der Waals surface area contributed by atoms with Crippen LogP contribution in [0.15, 0.2) is 0 Å². The molecule has 1 N–H and O–H groups in total. The molecule has 1 unspecified atom stereocenters. The fourth-order valence-corrected chi connectivity index (χ4v) is 3.39. The highest BCUT2D eigenvalue weighted by Crippen LogP contribution is 2.71. The van der Waals surface area contributed by atoms with Crippen molar-refractivity contribution < 1.29 is 0 Å². The molecule has 12 heavy (non-hydrogen) atoms. The summed E-state index contributed by atoms with van der Waals surface area (Å²) < 4.78 is 0. The van der Waals surface area contributed by atoms with Gasteiger partial charge in [0.05, 0.1) is 0 Å². The molecule has 0 bridgehead atoms. The molecule has 0 aromatic rings. The van der Waals surface area contributed by atoms with Crippen LogP contribution < -0.4 is 5.32 Å². The summed E-state index contributed by atoms with van der Waals surface area (Å²) in [7, 11) is 0. The quantitative estimate of drug-likeness (QED) is 0.632. The highest BCUT2D eigenvalue weighted by Gasteiger charge is 2.66. The predicted octanol–water partition coefficient (Wildman–Crippen LogP) is 2.28. The first-order valence-corrected chi connectivity index (χ1v) is 5.18. The SMILES string of the molecule is CC1(C)C(C2CCNC2)C1(C)C. The summed E-state index contributed by atoms with van der Waals surface area (Å²) in [6.07, 6.45) is 1.40. The van der Waals surface area contributed by atoms with Gasteiger partial charge in [-0.25, -0.2) is 0 Å². The Balaban J connectivity index is 2.08. The zero-order valence-electron chi connectivity index (χ0n) is 8.78. The highest BCUT2D eigenvalue weighted by molar-refractivity contribution is 5.15. The van der Waals surface area contributed by atoms with Gasteiger partial charge in [-0.2, -0.15) is 0 Å². The number of rotatable bonds is 1. The van der Waals surface area contributed by atoms with E-state index in [1.807, 2.05) is 0 Å². The van der Waals surface area contributed by atoms with Crippen LogP contribution in [0.1, 0.15) is 34.1 Å². The predicted molar refractivity (Wildman–Crippen MR) is 52.0 cm³/mol. The molecule has 0 spiro atoms. The van der Waals surface area contributed by atoms with E-state index in [0.29, 0.717) is 10.8 Å². The maximum atomic E-state index is 3.47. The van der Waals surface area contributed by atoms with Gasteiger partial charge in [0.15, 0.2) is 0 Å². The molecule has 70 valence electrons. The molecule has 1 saturated heterocycles. The molecule has 1 heteroatoms. The fourth-order valence-electron chi connectivity index (χ4n) is 3.39. The van der Waals surface area contributed by atoms with E-state index >= 15 is 0 Å². The monoisotopic (exact) mass is 167 g/mol. The van der Waals surface area contributed by atoms with E-state index in [1.165, 1.54) is 19.5 Å². The topological polar surface area (TPSA) is 12.0 Å². The largest absolute Gasteiger partial charge is 0.316 e. The lowest BCUT2D eigenvalue weighted by Crippen LogP contribution is -2.12. The van der Waals surface area contributed by atoms with Crippen molar-refractivity contribution in [3.8, 4) is 0 Å². The van der Waals surface area contributed by atoms with E-state index in [9.17, 15) is 0 Å². The normalized spacial score (nSPS) is 38.5. The first-order chi connectivity index (χ1) is 5.48. The van der Waals surface area contributed by atoms with E-state index in [2.05, 4.69) is 33.0 Å². The Labute approximate surface area is 75.9 Å². The van der Waals surface area contributed by atoms with Gasteiger partial charge >= 0.3 is 0 Å². The van der Waals surface area contributed by atoms with Gasteiger partial charge in [-0.05, 0) is 42.2 Å². The van der Waals surface area contributed by atoms with Gasteiger partial charge in [0.25, 0.3) is 0 Å². The second-order valence-corrected chi connectivity index (χ2v) is 5.67. The summed E-state index contributed by atoms with van der Waals surface area (Å²) in [5.41, 5.74) is 1.17. The van der Waals surface area contributed by atoms with Gasteiger partial charge in [-0.1, -0.05) is 27.7 Å². The van der Waals surface area contributed by atoms with Crippen LogP contribution in [0.3, 0.4) is 0 Å². The number of hydrogen-bond donors (Lipinski definition) is 1. The van der Waals surface area contributed by atoms with Crippen LogP contribution in [0.5, 0.6) is 0 Å². The lowest BCUT2D eigenvalue weighted by Gasteiger charge is -2.09. The molecule has 2 aliphatic rings. The Hall–Kier alpha value is -0.0400. The van der Waals surface area contributed by atoms with Crippen molar-refractivity contribution in [3.05, 3.63) is 0 Å². The summed E-state index contributed by atoms with van der Waals surface area (Å²) in [5, 5.41) is 3.47. The molecule has 1 atom stereocenters. The summed E-state index contributed by atoms with van der Waals surface area (Å²) in [5.74, 6) is 1.91. The molecule has 2 fully saturated rings. The van der Waals surface area contributed by atoms with Crippen molar-refractivity contribution in [3.63, 3.8) is 0 Å². The minimum Gasteiger partial charge on any atom is -0.316 e. The Morgan fingerprint density at radius 3 is 2.00 bits per heavy atom. The third kappa shape index (κ3) is 0.891. The van der Waals surface area contributed by atoms with Crippen LogP contribution in [0.25, 0.3) is 0 Å². The Kier molecular flexibility index (Phi) is 1.61. The van der Waals surface area contributed by atoms with Crippen molar-refractivity contribution in [1.29, 1.82) is 0 Å². The van der Waals surface area contributed by atoms with Crippen molar-refractivity contribution >= 4 is 0 Å². The molecule has 1 aliphatic carbocycles. The number of hydrogen-bond acceptors (Lipinski definition) is 1. The lowest BCUT2D eigenvalue weighted by molar-refractivity contribution is 0.415. The maximum Gasteiger partial charge on any atom is -0.00170 e. The first-order valence-electron chi connectivity index (χ1n) is 5.18. The summed E-state index contributed by atoms with van der Waals surface area (Å²) in [6, 6.07) is 0. The highest BCUT2D eigenvalue weighted by atomic mass is 14.9. The minimum absolute atomic E-state index is 0.587. The summed E-state index contributed by atoms with van der Waals surface area (Å²) >= 11 is 0. The van der Waals surface area contributed by atoms with E-state index < -0.39 is 0 Å². The molecule has 1 nitrogen and oxygen atoms in total. The molecule has 1 heterocycles. The fraction of sp³-hybridized carbons (Fsp3) is 1.00. The lowest BCUT2D eigenvalue weighted by atomic mass is 9.96. The molecule has 0 aromatic carbocycles. The molecule has 0 aromatic heterocycles. The van der Waals surface area contributed by atoms with Crippen LogP contribution in [-0.2, 0) is 0 Å². The second-order valence-electron chi connectivity index (χ2n) is 5.67. The smallest absolute Gasteiger partial charge is 0.00170 e. The van der Waals surface area contributed by atoms with Crippen LogP contribution in [0.2, 0.25) is 0 Å². The van der Waals surface area contributed by atoms with Crippen molar-refractivity contribution in [2.24, 2.45) is 22.7 Å². The molecule has 1 aliphatic heterocycles. The third-order valence-electron chi connectivity index (χ3n) is 4.70. The molecule has 0 radical (unpaired) electrons. The van der Waals surface area contributed by atoms with Gasteiger partial charge in [0.1, 0.15) is 0 Å². The van der Waals surface area contributed by atoms with Gasteiger partial charge in [-0.3, -0.25) is 0 Å². The average molecular weight is 167 g/mol. The van der Waals surface area contributed by atoms with Crippen molar-refractivity contribution in [2.45, 2.75) is 34.1 Å². The summed E-state index contributed by atoms with van der Waals surface area (Å²) in [4.78, 5) is 0. The first kappa shape index (κ1) is 8.55.